The number of aromatic nitrogens is 4. The van der Waals surface area contributed by atoms with Crippen molar-refractivity contribution in [2.45, 2.75) is 0 Å². The molecule has 0 saturated heterocycles. The normalized spacial score (nSPS) is 11.7. The molecule has 0 radical (unpaired) electrons. The Bertz CT molecular complexity index is 2710. The van der Waals surface area contributed by atoms with Crippen molar-refractivity contribution in [3.05, 3.63) is 170 Å². The van der Waals surface area contributed by atoms with Crippen LogP contribution in [0.2, 0.25) is 0 Å². The molecule has 8 aromatic carbocycles. The molecule has 0 bridgehead atoms. The summed E-state index contributed by atoms with van der Waals surface area (Å²) in [7, 11) is 0. The molecule has 4 heteroatoms. The third-order valence-corrected chi connectivity index (χ3v) is 9.63. The lowest BCUT2D eigenvalue weighted by Gasteiger charge is -2.14. The van der Waals surface area contributed by atoms with Crippen LogP contribution in [0.25, 0.3) is 94.3 Å². The van der Waals surface area contributed by atoms with Crippen LogP contribution in [0.15, 0.2) is 170 Å². The quantitative estimate of drug-likeness (QED) is 0.179. The van der Waals surface area contributed by atoms with E-state index < -0.39 is 0 Å². The van der Waals surface area contributed by atoms with Crippen LogP contribution in [0.5, 0.6) is 0 Å². The number of nitrogens with zero attached hydrogens (tertiary/aromatic N) is 4. The fraction of sp³-hybridized carbons (Fsp3) is 0. The number of para-hydroxylation sites is 1. The first-order chi connectivity index (χ1) is 24.3. The zero-order valence-electron chi connectivity index (χ0n) is 26.5. The molecule has 49 heavy (non-hydrogen) atoms. The first-order valence-corrected chi connectivity index (χ1v) is 16.5. The van der Waals surface area contributed by atoms with Crippen LogP contribution in [0, 0.1) is 0 Å². The number of hydrogen-bond donors (Lipinski definition) is 0. The van der Waals surface area contributed by atoms with Crippen molar-refractivity contribution in [2.24, 2.45) is 0 Å². The molecule has 4 nitrogen and oxygen atoms in total. The van der Waals surface area contributed by atoms with E-state index in [-0.39, 0.29) is 0 Å². The van der Waals surface area contributed by atoms with Gasteiger partial charge < -0.3 is 4.57 Å². The minimum absolute atomic E-state index is 0.632. The summed E-state index contributed by atoms with van der Waals surface area (Å²) in [4.78, 5) is 15.3. The van der Waals surface area contributed by atoms with Crippen molar-refractivity contribution in [3.63, 3.8) is 0 Å². The number of hydrogen-bond acceptors (Lipinski definition) is 3. The highest BCUT2D eigenvalue weighted by Gasteiger charge is 2.22. The Hall–Kier alpha value is -6.65. The molecular formula is C45H28N4. The molecule has 228 valence electrons. The molecule has 0 saturated carbocycles. The van der Waals surface area contributed by atoms with E-state index in [4.69, 9.17) is 15.0 Å². The van der Waals surface area contributed by atoms with Crippen LogP contribution < -0.4 is 0 Å². The summed E-state index contributed by atoms with van der Waals surface area (Å²) in [5.74, 6) is 1.91. The number of benzene rings is 8. The molecule has 2 aromatic heterocycles. The highest BCUT2D eigenvalue weighted by atomic mass is 15.1. The second-order valence-corrected chi connectivity index (χ2v) is 12.4. The summed E-state index contributed by atoms with van der Waals surface area (Å²) in [6.07, 6.45) is 0. The van der Waals surface area contributed by atoms with Crippen molar-refractivity contribution >= 4 is 43.4 Å². The molecule has 0 aliphatic rings. The van der Waals surface area contributed by atoms with E-state index in [1.165, 1.54) is 37.9 Å². The van der Waals surface area contributed by atoms with Crippen LogP contribution in [-0.2, 0) is 0 Å². The predicted octanol–water partition coefficient (Wildman–Crippen LogP) is 11.4. The highest BCUT2D eigenvalue weighted by molar-refractivity contribution is 6.34. The maximum atomic E-state index is 5.18. The maximum absolute atomic E-state index is 5.18. The lowest BCUT2D eigenvalue weighted by Crippen LogP contribution is -2.03. The molecule has 0 aliphatic carbocycles. The largest absolute Gasteiger partial charge is 0.308 e. The molecular weight excluding hydrogens is 597 g/mol. The van der Waals surface area contributed by atoms with E-state index in [0.717, 1.165) is 39.0 Å². The smallest absolute Gasteiger partial charge is 0.166 e. The minimum Gasteiger partial charge on any atom is -0.308 e. The van der Waals surface area contributed by atoms with Crippen LogP contribution >= 0.6 is 0 Å². The van der Waals surface area contributed by atoms with Gasteiger partial charge in [0.05, 0.1) is 16.7 Å². The first-order valence-electron chi connectivity index (χ1n) is 16.5. The van der Waals surface area contributed by atoms with Gasteiger partial charge in [0, 0.05) is 27.5 Å². The van der Waals surface area contributed by atoms with Gasteiger partial charge >= 0.3 is 0 Å². The van der Waals surface area contributed by atoms with E-state index in [1.807, 2.05) is 24.3 Å². The van der Waals surface area contributed by atoms with Crippen LogP contribution in [-0.4, -0.2) is 19.5 Å². The Kier molecular flexibility index (Phi) is 6.15. The van der Waals surface area contributed by atoms with Gasteiger partial charge in [0.1, 0.15) is 0 Å². The molecule has 2 heterocycles. The standard InChI is InChI=1S/C45H28N4/c1-3-13-29(14-4-1)30-25-27-32(28-26-30)44-46-43(31-15-5-2-6-16-31)47-45(48-44)37-19-9-10-22-38(37)49-39-23-11-20-35-33-17-7-8-18-34(33)36-21-12-24-40(49)42(36)41(35)39/h1-28H. The average molecular weight is 625 g/mol. The van der Waals surface area contributed by atoms with E-state index in [0.29, 0.717) is 17.5 Å². The van der Waals surface area contributed by atoms with Crippen LogP contribution in [0.4, 0.5) is 0 Å². The molecule has 0 spiro atoms. The Balaban J connectivity index is 1.21. The van der Waals surface area contributed by atoms with Gasteiger partial charge in [-0.1, -0.05) is 146 Å². The van der Waals surface area contributed by atoms with Gasteiger partial charge in [-0.05, 0) is 56.9 Å². The van der Waals surface area contributed by atoms with E-state index >= 15 is 0 Å². The van der Waals surface area contributed by atoms with Crippen LogP contribution in [0.3, 0.4) is 0 Å². The van der Waals surface area contributed by atoms with Gasteiger partial charge in [0.2, 0.25) is 0 Å². The summed E-state index contributed by atoms with van der Waals surface area (Å²) in [5.41, 5.74) is 8.50. The second-order valence-electron chi connectivity index (χ2n) is 12.4. The summed E-state index contributed by atoms with van der Waals surface area (Å²) in [6.45, 7) is 0. The molecule has 10 aromatic rings. The van der Waals surface area contributed by atoms with Gasteiger partial charge in [0.15, 0.2) is 17.5 Å². The predicted molar refractivity (Wildman–Crippen MR) is 202 cm³/mol. The summed E-state index contributed by atoms with van der Waals surface area (Å²) >= 11 is 0. The molecule has 10 rings (SSSR count). The Labute approximate surface area is 283 Å². The molecule has 0 unspecified atom stereocenters. The van der Waals surface area contributed by atoms with E-state index in [2.05, 4.69) is 150 Å². The lowest BCUT2D eigenvalue weighted by molar-refractivity contribution is 1.06. The van der Waals surface area contributed by atoms with Gasteiger partial charge in [0.25, 0.3) is 0 Å². The minimum atomic E-state index is 0.632. The zero-order valence-corrected chi connectivity index (χ0v) is 26.5. The van der Waals surface area contributed by atoms with E-state index in [9.17, 15) is 0 Å². The fourth-order valence-corrected chi connectivity index (χ4v) is 7.41. The molecule has 0 atom stereocenters. The Morgan fingerprint density at radius 1 is 0.306 bits per heavy atom. The lowest BCUT2D eigenvalue weighted by atomic mass is 9.95. The third kappa shape index (κ3) is 4.35. The van der Waals surface area contributed by atoms with Crippen molar-refractivity contribution in [2.75, 3.05) is 0 Å². The van der Waals surface area contributed by atoms with Crippen molar-refractivity contribution in [1.29, 1.82) is 0 Å². The van der Waals surface area contributed by atoms with Crippen molar-refractivity contribution in [1.82, 2.24) is 19.5 Å². The maximum Gasteiger partial charge on any atom is 0.166 e. The zero-order chi connectivity index (χ0) is 32.3. The van der Waals surface area contributed by atoms with Gasteiger partial charge in [-0.3, -0.25) is 0 Å². The Morgan fingerprint density at radius 2 is 0.735 bits per heavy atom. The monoisotopic (exact) mass is 624 g/mol. The highest BCUT2D eigenvalue weighted by Crippen LogP contribution is 2.44. The first kappa shape index (κ1) is 27.5. The number of fused-ring (bicyclic) bond motifs is 3. The Morgan fingerprint density at radius 3 is 1.35 bits per heavy atom. The summed E-state index contributed by atoms with van der Waals surface area (Å²) in [5, 5.41) is 7.63. The molecule has 0 aliphatic heterocycles. The van der Waals surface area contributed by atoms with Crippen molar-refractivity contribution in [3.8, 4) is 51.0 Å². The van der Waals surface area contributed by atoms with E-state index in [1.54, 1.807) is 0 Å². The molecule has 0 fully saturated rings. The summed E-state index contributed by atoms with van der Waals surface area (Å²) < 4.78 is 2.39. The van der Waals surface area contributed by atoms with Gasteiger partial charge in [-0.2, -0.15) is 0 Å². The number of rotatable bonds is 5. The molecule has 0 N–H and O–H groups in total. The van der Waals surface area contributed by atoms with Crippen molar-refractivity contribution < 1.29 is 0 Å². The SMILES string of the molecule is c1ccc(-c2ccc(-c3nc(-c4ccccc4)nc(-c4ccccc4-n4c5cccc6c7ccccc7c7cccc4c7c65)n3)cc2)cc1. The van der Waals surface area contributed by atoms with Gasteiger partial charge in [-0.25, -0.2) is 15.0 Å². The van der Waals surface area contributed by atoms with Gasteiger partial charge in [-0.15, -0.1) is 0 Å². The fourth-order valence-electron chi connectivity index (χ4n) is 7.41. The summed E-state index contributed by atoms with van der Waals surface area (Å²) in [6, 6.07) is 59.6. The molecule has 0 amide bonds. The third-order valence-electron chi connectivity index (χ3n) is 9.63. The average Bonchev–Trinajstić information content (AvgIpc) is 3.53. The topological polar surface area (TPSA) is 43.6 Å². The second kappa shape index (κ2) is 11.0. The van der Waals surface area contributed by atoms with Crippen LogP contribution in [0.1, 0.15) is 0 Å².